The van der Waals surface area contributed by atoms with Crippen molar-refractivity contribution in [2.45, 2.75) is 13.0 Å². The van der Waals surface area contributed by atoms with Crippen LogP contribution in [0.3, 0.4) is 0 Å². The minimum absolute atomic E-state index is 0.516. The molecule has 1 aromatic carbocycles. The SMILES string of the molecule is COCCN1CCN(c2ccc(N)c(OC)c2)CC1C. The average molecular weight is 279 g/mol. The molecule has 1 aromatic rings. The van der Waals surface area contributed by atoms with Crippen molar-refractivity contribution >= 4 is 11.4 Å². The predicted molar refractivity (Wildman–Crippen MR) is 82.5 cm³/mol. The molecule has 1 unspecified atom stereocenters. The van der Waals surface area contributed by atoms with Crippen molar-refractivity contribution < 1.29 is 9.47 Å². The molecule has 1 atom stereocenters. The molecule has 0 amide bonds. The van der Waals surface area contributed by atoms with Gasteiger partial charge in [-0.3, -0.25) is 4.90 Å². The molecule has 0 aliphatic carbocycles. The minimum atomic E-state index is 0.516. The lowest BCUT2D eigenvalue weighted by molar-refractivity contribution is 0.117. The number of rotatable bonds is 5. The standard InChI is InChI=1S/C15H25N3O2/c1-12-11-18(7-6-17(12)8-9-19-2)13-4-5-14(16)15(10-13)20-3/h4-5,10,12H,6-9,11,16H2,1-3H3. The van der Waals surface area contributed by atoms with Crippen LogP contribution in [0.4, 0.5) is 11.4 Å². The fraction of sp³-hybridized carbons (Fsp3) is 0.600. The highest BCUT2D eigenvalue weighted by Gasteiger charge is 2.23. The maximum absolute atomic E-state index is 5.87. The van der Waals surface area contributed by atoms with E-state index in [0.29, 0.717) is 11.7 Å². The number of anilines is 2. The van der Waals surface area contributed by atoms with Crippen LogP contribution in [0.25, 0.3) is 0 Å². The zero-order valence-electron chi connectivity index (χ0n) is 12.6. The summed E-state index contributed by atoms with van der Waals surface area (Å²) >= 11 is 0. The Morgan fingerprint density at radius 2 is 2.10 bits per heavy atom. The maximum atomic E-state index is 5.87. The molecule has 5 nitrogen and oxygen atoms in total. The molecule has 1 aliphatic heterocycles. The lowest BCUT2D eigenvalue weighted by atomic mass is 10.1. The summed E-state index contributed by atoms with van der Waals surface area (Å²) in [5, 5.41) is 0. The third kappa shape index (κ3) is 3.35. The van der Waals surface area contributed by atoms with Crippen molar-refractivity contribution in [1.29, 1.82) is 0 Å². The molecule has 0 aromatic heterocycles. The zero-order chi connectivity index (χ0) is 14.5. The van der Waals surface area contributed by atoms with Gasteiger partial charge >= 0.3 is 0 Å². The van der Waals surface area contributed by atoms with Gasteiger partial charge in [0.05, 0.1) is 19.4 Å². The van der Waals surface area contributed by atoms with Crippen LogP contribution in [-0.4, -0.2) is 57.9 Å². The first-order valence-electron chi connectivity index (χ1n) is 7.07. The number of ether oxygens (including phenoxy) is 2. The van der Waals surface area contributed by atoms with E-state index in [0.717, 1.165) is 38.5 Å². The fourth-order valence-electron chi connectivity index (χ4n) is 2.67. The van der Waals surface area contributed by atoms with Gasteiger partial charge in [0.1, 0.15) is 5.75 Å². The molecule has 2 rings (SSSR count). The van der Waals surface area contributed by atoms with Crippen molar-refractivity contribution in [3.8, 4) is 5.75 Å². The van der Waals surface area contributed by atoms with Gasteiger partial charge < -0.3 is 20.1 Å². The van der Waals surface area contributed by atoms with Crippen LogP contribution in [0, 0.1) is 0 Å². The Balaban J connectivity index is 2.01. The normalized spacial score (nSPS) is 20.1. The third-order valence-electron chi connectivity index (χ3n) is 3.93. The number of nitrogen functional groups attached to an aromatic ring is 1. The van der Waals surface area contributed by atoms with Gasteiger partial charge in [0.25, 0.3) is 0 Å². The summed E-state index contributed by atoms with van der Waals surface area (Å²) < 4.78 is 10.5. The number of benzene rings is 1. The molecule has 0 saturated carbocycles. The molecule has 20 heavy (non-hydrogen) atoms. The fourth-order valence-corrected chi connectivity index (χ4v) is 2.67. The van der Waals surface area contributed by atoms with Crippen LogP contribution < -0.4 is 15.4 Å². The van der Waals surface area contributed by atoms with Gasteiger partial charge in [-0.1, -0.05) is 0 Å². The van der Waals surface area contributed by atoms with Gasteiger partial charge in [-0.25, -0.2) is 0 Å². The zero-order valence-corrected chi connectivity index (χ0v) is 12.6. The summed E-state index contributed by atoms with van der Waals surface area (Å²) in [5.41, 5.74) is 7.73. The molecule has 1 heterocycles. The summed E-state index contributed by atoms with van der Waals surface area (Å²) in [5.74, 6) is 0.747. The lowest BCUT2D eigenvalue weighted by Crippen LogP contribution is -2.52. The monoisotopic (exact) mass is 279 g/mol. The largest absolute Gasteiger partial charge is 0.495 e. The van der Waals surface area contributed by atoms with Crippen LogP contribution in [0.2, 0.25) is 0 Å². The lowest BCUT2D eigenvalue weighted by Gasteiger charge is -2.41. The van der Waals surface area contributed by atoms with Crippen molar-refractivity contribution in [3.05, 3.63) is 18.2 Å². The Morgan fingerprint density at radius 3 is 2.75 bits per heavy atom. The van der Waals surface area contributed by atoms with Gasteiger partial charge in [0.2, 0.25) is 0 Å². The molecule has 0 bridgehead atoms. The molecule has 1 saturated heterocycles. The third-order valence-corrected chi connectivity index (χ3v) is 3.93. The predicted octanol–water partition coefficient (Wildman–Crippen LogP) is 1.43. The van der Waals surface area contributed by atoms with Crippen LogP contribution in [0.1, 0.15) is 6.92 Å². The van der Waals surface area contributed by atoms with E-state index in [2.05, 4.69) is 22.8 Å². The van der Waals surface area contributed by atoms with Crippen LogP contribution in [0.5, 0.6) is 5.75 Å². The topological polar surface area (TPSA) is 51.0 Å². The van der Waals surface area contributed by atoms with E-state index in [1.807, 2.05) is 12.1 Å². The smallest absolute Gasteiger partial charge is 0.143 e. The van der Waals surface area contributed by atoms with Crippen LogP contribution in [0.15, 0.2) is 18.2 Å². The van der Waals surface area contributed by atoms with E-state index < -0.39 is 0 Å². The Kier molecular flexibility index (Phi) is 5.09. The molecule has 2 N–H and O–H groups in total. The Bertz CT molecular complexity index is 439. The van der Waals surface area contributed by atoms with Gasteiger partial charge in [0, 0.05) is 51.1 Å². The second-order valence-electron chi connectivity index (χ2n) is 5.25. The van der Waals surface area contributed by atoms with E-state index in [-0.39, 0.29) is 0 Å². The number of nitrogens with two attached hydrogens (primary N) is 1. The van der Waals surface area contributed by atoms with Crippen molar-refractivity contribution in [3.63, 3.8) is 0 Å². The first-order chi connectivity index (χ1) is 9.65. The van der Waals surface area contributed by atoms with Gasteiger partial charge in [-0.05, 0) is 19.1 Å². The molecular formula is C15H25N3O2. The molecule has 5 heteroatoms. The molecule has 1 fully saturated rings. The minimum Gasteiger partial charge on any atom is -0.495 e. The highest BCUT2D eigenvalue weighted by Crippen LogP contribution is 2.28. The number of hydrogen-bond donors (Lipinski definition) is 1. The van der Waals surface area contributed by atoms with Crippen molar-refractivity contribution in [2.75, 3.05) is 57.6 Å². The number of hydrogen-bond acceptors (Lipinski definition) is 5. The summed E-state index contributed by atoms with van der Waals surface area (Å²) in [4.78, 5) is 4.85. The maximum Gasteiger partial charge on any atom is 0.143 e. The summed E-state index contributed by atoms with van der Waals surface area (Å²) in [7, 11) is 3.41. The number of piperazine rings is 1. The van der Waals surface area contributed by atoms with Gasteiger partial charge in [-0.15, -0.1) is 0 Å². The van der Waals surface area contributed by atoms with Crippen molar-refractivity contribution in [2.24, 2.45) is 0 Å². The molecule has 0 spiro atoms. The van der Waals surface area contributed by atoms with Crippen molar-refractivity contribution in [1.82, 2.24) is 4.90 Å². The highest BCUT2D eigenvalue weighted by atomic mass is 16.5. The molecule has 1 aliphatic rings. The molecule has 112 valence electrons. The quantitative estimate of drug-likeness (QED) is 0.827. The second-order valence-corrected chi connectivity index (χ2v) is 5.25. The number of nitrogens with zero attached hydrogens (tertiary/aromatic N) is 2. The van der Waals surface area contributed by atoms with E-state index >= 15 is 0 Å². The Labute approximate surface area is 121 Å². The second kappa shape index (κ2) is 6.81. The van der Waals surface area contributed by atoms with E-state index in [9.17, 15) is 0 Å². The summed E-state index contributed by atoms with van der Waals surface area (Å²) in [6, 6.07) is 6.51. The first kappa shape index (κ1) is 14.9. The van der Waals surface area contributed by atoms with Crippen LogP contribution >= 0.6 is 0 Å². The molecule has 0 radical (unpaired) electrons. The van der Waals surface area contributed by atoms with Gasteiger partial charge in [-0.2, -0.15) is 0 Å². The summed E-state index contributed by atoms with van der Waals surface area (Å²) in [6.45, 7) is 7.13. The van der Waals surface area contributed by atoms with Crippen LogP contribution in [-0.2, 0) is 4.74 Å². The number of methoxy groups -OCH3 is 2. The Morgan fingerprint density at radius 1 is 1.30 bits per heavy atom. The highest BCUT2D eigenvalue weighted by molar-refractivity contribution is 5.62. The molecular weight excluding hydrogens is 254 g/mol. The van der Waals surface area contributed by atoms with Gasteiger partial charge in [0.15, 0.2) is 0 Å². The average Bonchev–Trinajstić information content (AvgIpc) is 2.46. The van der Waals surface area contributed by atoms with E-state index in [1.54, 1.807) is 14.2 Å². The first-order valence-corrected chi connectivity index (χ1v) is 7.07. The Hall–Kier alpha value is -1.46. The van der Waals surface area contributed by atoms with E-state index in [1.165, 1.54) is 5.69 Å². The van der Waals surface area contributed by atoms with E-state index in [4.69, 9.17) is 15.2 Å². The summed E-state index contributed by atoms with van der Waals surface area (Å²) in [6.07, 6.45) is 0.